The molecule has 1 N–H and O–H groups in total. The molecule has 1 heterocycles. The lowest BCUT2D eigenvalue weighted by Crippen LogP contribution is -2.02. The van der Waals surface area contributed by atoms with Gasteiger partial charge >= 0.3 is 5.97 Å². The molecular formula is C15H15BrN2O2S. The fraction of sp³-hybridized carbons (Fsp3) is 0.267. The van der Waals surface area contributed by atoms with Gasteiger partial charge in [-0.25, -0.2) is 14.8 Å². The number of hydrogen-bond acceptors (Lipinski definition) is 4. The quantitative estimate of drug-likeness (QED) is 0.805. The number of aromatic nitrogens is 2. The Balaban J connectivity index is 2.42. The highest BCUT2D eigenvalue weighted by molar-refractivity contribution is 9.10. The van der Waals surface area contributed by atoms with E-state index in [0.29, 0.717) is 4.90 Å². The van der Waals surface area contributed by atoms with Crippen LogP contribution in [-0.4, -0.2) is 21.0 Å². The van der Waals surface area contributed by atoms with E-state index in [9.17, 15) is 9.90 Å². The van der Waals surface area contributed by atoms with Gasteiger partial charge in [0.2, 0.25) is 0 Å². The number of carbonyl (C=O) groups is 1. The zero-order valence-corrected chi connectivity index (χ0v) is 14.3. The van der Waals surface area contributed by atoms with Gasteiger partial charge in [-0.1, -0.05) is 41.5 Å². The summed E-state index contributed by atoms with van der Waals surface area (Å²) in [5.74, 6) is 0.0509. The van der Waals surface area contributed by atoms with Gasteiger partial charge in [0.05, 0.1) is 5.56 Å². The first-order chi connectivity index (χ1) is 9.86. The van der Waals surface area contributed by atoms with E-state index in [1.165, 1.54) is 11.8 Å². The summed E-state index contributed by atoms with van der Waals surface area (Å²) in [6.45, 7) is 5.98. The SMILES string of the molecule is Cc1cc(Sc2cc(Br)ccc2C(=O)O)nc(C(C)C)n1. The second-order valence-electron chi connectivity index (χ2n) is 4.91. The fourth-order valence-electron chi connectivity index (χ4n) is 1.74. The topological polar surface area (TPSA) is 63.1 Å². The predicted octanol–water partition coefficient (Wildman–Crippen LogP) is 4.52. The minimum Gasteiger partial charge on any atom is -0.478 e. The average Bonchev–Trinajstić information content (AvgIpc) is 2.37. The second kappa shape index (κ2) is 6.58. The molecule has 0 unspecified atom stereocenters. The van der Waals surface area contributed by atoms with Crippen LogP contribution in [-0.2, 0) is 0 Å². The van der Waals surface area contributed by atoms with Crippen molar-refractivity contribution < 1.29 is 9.90 Å². The minimum atomic E-state index is -0.945. The number of carboxylic acid groups (broad SMARTS) is 1. The van der Waals surface area contributed by atoms with Crippen LogP contribution in [0.25, 0.3) is 0 Å². The van der Waals surface area contributed by atoms with Crippen LogP contribution < -0.4 is 0 Å². The molecule has 21 heavy (non-hydrogen) atoms. The summed E-state index contributed by atoms with van der Waals surface area (Å²) in [5.41, 5.74) is 1.15. The Labute approximate surface area is 136 Å². The van der Waals surface area contributed by atoms with Crippen LogP contribution >= 0.6 is 27.7 Å². The lowest BCUT2D eigenvalue weighted by atomic mass is 10.2. The number of halogens is 1. The summed E-state index contributed by atoms with van der Waals surface area (Å²) >= 11 is 4.71. The molecule has 2 rings (SSSR count). The first-order valence-electron chi connectivity index (χ1n) is 6.43. The summed E-state index contributed by atoms with van der Waals surface area (Å²) in [5, 5.41) is 10.0. The molecule has 0 fully saturated rings. The number of benzene rings is 1. The van der Waals surface area contributed by atoms with E-state index < -0.39 is 5.97 Å². The molecule has 0 saturated carbocycles. The Hall–Kier alpha value is -1.40. The van der Waals surface area contributed by atoms with Crippen molar-refractivity contribution in [2.24, 2.45) is 0 Å². The highest BCUT2D eigenvalue weighted by atomic mass is 79.9. The Morgan fingerprint density at radius 2 is 2.00 bits per heavy atom. The molecule has 110 valence electrons. The van der Waals surface area contributed by atoms with Crippen LogP contribution in [0.1, 0.15) is 41.6 Å². The van der Waals surface area contributed by atoms with E-state index in [-0.39, 0.29) is 11.5 Å². The largest absolute Gasteiger partial charge is 0.478 e. The molecule has 6 heteroatoms. The minimum absolute atomic E-state index is 0.228. The number of hydrogen-bond donors (Lipinski definition) is 1. The van der Waals surface area contributed by atoms with E-state index in [1.54, 1.807) is 18.2 Å². The average molecular weight is 367 g/mol. The molecule has 0 aliphatic heterocycles. The number of nitrogens with zero attached hydrogens (tertiary/aromatic N) is 2. The van der Waals surface area contributed by atoms with Crippen molar-refractivity contribution in [2.45, 2.75) is 36.6 Å². The number of aryl methyl sites for hydroxylation is 1. The molecule has 0 amide bonds. The van der Waals surface area contributed by atoms with Gasteiger partial charge in [-0.3, -0.25) is 0 Å². The summed E-state index contributed by atoms with van der Waals surface area (Å²) in [7, 11) is 0. The maximum absolute atomic E-state index is 11.3. The van der Waals surface area contributed by atoms with E-state index in [2.05, 4.69) is 25.9 Å². The number of aromatic carboxylic acids is 1. The van der Waals surface area contributed by atoms with Crippen molar-refractivity contribution in [2.75, 3.05) is 0 Å². The van der Waals surface area contributed by atoms with E-state index in [4.69, 9.17) is 0 Å². The summed E-state index contributed by atoms with van der Waals surface area (Å²) < 4.78 is 0.838. The molecule has 0 spiro atoms. The first-order valence-corrected chi connectivity index (χ1v) is 8.04. The van der Waals surface area contributed by atoms with Gasteiger partial charge in [0.25, 0.3) is 0 Å². The molecule has 4 nitrogen and oxygen atoms in total. The van der Waals surface area contributed by atoms with E-state index >= 15 is 0 Å². The monoisotopic (exact) mass is 366 g/mol. The second-order valence-corrected chi connectivity index (χ2v) is 6.89. The van der Waals surface area contributed by atoms with Crippen molar-refractivity contribution in [3.8, 4) is 0 Å². The molecule has 1 aromatic carbocycles. The summed E-state index contributed by atoms with van der Waals surface area (Å²) in [6, 6.07) is 6.97. The summed E-state index contributed by atoms with van der Waals surface area (Å²) in [4.78, 5) is 20.9. The number of carboxylic acids is 1. The molecule has 0 atom stereocenters. The third-order valence-corrected chi connectivity index (χ3v) is 4.22. The van der Waals surface area contributed by atoms with Crippen molar-refractivity contribution in [3.63, 3.8) is 0 Å². The Morgan fingerprint density at radius 3 is 2.62 bits per heavy atom. The normalized spacial score (nSPS) is 10.9. The van der Waals surface area contributed by atoms with E-state index in [1.807, 2.05) is 26.8 Å². The van der Waals surface area contributed by atoms with Gasteiger partial charge in [-0.2, -0.15) is 0 Å². The van der Waals surface area contributed by atoms with Crippen LogP contribution in [0, 0.1) is 6.92 Å². The summed E-state index contributed by atoms with van der Waals surface area (Å²) in [6.07, 6.45) is 0. The highest BCUT2D eigenvalue weighted by Gasteiger charge is 2.14. The lowest BCUT2D eigenvalue weighted by molar-refractivity contribution is 0.0693. The molecule has 1 aromatic heterocycles. The molecule has 0 saturated heterocycles. The molecule has 2 aromatic rings. The molecule has 0 aliphatic carbocycles. The van der Waals surface area contributed by atoms with Gasteiger partial charge < -0.3 is 5.11 Å². The third kappa shape index (κ3) is 4.04. The zero-order chi connectivity index (χ0) is 15.6. The van der Waals surface area contributed by atoms with Crippen LogP contribution in [0.2, 0.25) is 0 Å². The smallest absolute Gasteiger partial charge is 0.336 e. The molecule has 0 bridgehead atoms. The van der Waals surface area contributed by atoms with Crippen LogP contribution in [0.15, 0.2) is 38.7 Å². The fourth-order valence-corrected chi connectivity index (χ4v) is 3.30. The van der Waals surface area contributed by atoms with Crippen molar-refractivity contribution in [1.82, 2.24) is 9.97 Å². The van der Waals surface area contributed by atoms with Gasteiger partial charge in [0, 0.05) is 21.0 Å². The standard InChI is InChI=1S/C15H15BrN2O2S/c1-8(2)14-17-9(3)6-13(18-14)21-12-7-10(16)4-5-11(12)15(19)20/h4-8H,1-3H3,(H,19,20). The van der Waals surface area contributed by atoms with Gasteiger partial charge in [0.15, 0.2) is 0 Å². The Bertz CT molecular complexity index is 689. The van der Waals surface area contributed by atoms with Gasteiger partial charge in [-0.15, -0.1) is 0 Å². The van der Waals surface area contributed by atoms with Crippen LogP contribution in [0.5, 0.6) is 0 Å². The van der Waals surface area contributed by atoms with Crippen LogP contribution in [0.3, 0.4) is 0 Å². The van der Waals surface area contributed by atoms with Crippen molar-refractivity contribution >= 4 is 33.7 Å². The lowest BCUT2D eigenvalue weighted by Gasteiger charge is -2.09. The van der Waals surface area contributed by atoms with Gasteiger partial charge in [0.1, 0.15) is 10.9 Å². The Kier molecular flexibility index (Phi) is 5.00. The molecular weight excluding hydrogens is 352 g/mol. The predicted molar refractivity (Wildman–Crippen MR) is 86.1 cm³/mol. The zero-order valence-electron chi connectivity index (χ0n) is 11.9. The van der Waals surface area contributed by atoms with E-state index in [0.717, 1.165) is 21.0 Å². The van der Waals surface area contributed by atoms with Crippen molar-refractivity contribution in [1.29, 1.82) is 0 Å². The van der Waals surface area contributed by atoms with Crippen molar-refractivity contribution in [3.05, 3.63) is 45.8 Å². The third-order valence-electron chi connectivity index (χ3n) is 2.75. The van der Waals surface area contributed by atoms with Crippen LogP contribution in [0.4, 0.5) is 0 Å². The molecule has 0 radical (unpaired) electrons. The molecule has 0 aliphatic rings. The highest BCUT2D eigenvalue weighted by Crippen LogP contribution is 2.32. The first kappa shape index (κ1) is 16.0. The maximum atomic E-state index is 11.3. The number of rotatable bonds is 4. The Morgan fingerprint density at radius 1 is 1.29 bits per heavy atom. The maximum Gasteiger partial charge on any atom is 0.336 e. The van der Waals surface area contributed by atoms with Gasteiger partial charge in [-0.05, 0) is 31.2 Å².